The van der Waals surface area contributed by atoms with Crippen LogP contribution >= 0.6 is 0 Å². The highest BCUT2D eigenvalue weighted by Crippen LogP contribution is 2.37. The molecule has 1 heterocycles. The maximum atomic E-state index is 13.5. The van der Waals surface area contributed by atoms with Crippen LogP contribution in [0.25, 0.3) is 0 Å². The first-order chi connectivity index (χ1) is 11.5. The zero-order valence-corrected chi connectivity index (χ0v) is 14.7. The number of carbonyl (C=O) groups excluding carboxylic acids is 1. The van der Waals surface area contributed by atoms with Crippen LogP contribution in [-0.2, 0) is 19.7 Å². The molecule has 2 rings (SSSR count). The van der Waals surface area contributed by atoms with Crippen molar-refractivity contribution in [2.24, 2.45) is 0 Å². The molecule has 24 heavy (non-hydrogen) atoms. The minimum atomic E-state index is -0.882. The van der Waals surface area contributed by atoms with Crippen molar-refractivity contribution in [2.45, 2.75) is 57.1 Å². The molecule has 2 atom stereocenters. The quantitative estimate of drug-likeness (QED) is 0.833. The van der Waals surface area contributed by atoms with E-state index in [4.69, 9.17) is 4.74 Å². The molecule has 0 radical (unpaired) electrons. The lowest BCUT2D eigenvalue weighted by atomic mass is 9.74. The van der Waals surface area contributed by atoms with E-state index in [9.17, 15) is 14.7 Å². The van der Waals surface area contributed by atoms with Crippen LogP contribution in [0.1, 0.15) is 45.1 Å². The Balaban J connectivity index is 2.36. The van der Waals surface area contributed by atoms with Gasteiger partial charge in [-0.25, -0.2) is 0 Å². The van der Waals surface area contributed by atoms with Gasteiger partial charge in [0.05, 0.1) is 17.9 Å². The monoisotopic (exact) mass is 333 g/mol. The van der Waals surface area contributed by atoms with Gasteiger partial charge in [0.25, 0.3) is 0 Å². The molecule has 5 nitrogen and oxygen atoms in total. The van der Waals surface area contributed by atoms with Crippen molar-refractivity contribution in [1.82, 2.24) is 4.90 Å². The van der Waals surface area contributed by atoms with Crippen molar-refractivity contribution < 1.29 is 19.4 Å². The van der Waals surface area contributed by atoms with Crippen LogP contribution in [0.2, 0.25) is 0 Å². The van der Waals surface area contributed by atoms with Gasteiger partial charge in [0, 0.05) is 19.7 Å². The van der Waals surface area contributed by atoms with Crippen LogP contribution in [0.5, 0.6) is 0 Å². The molecule has 1 aliphatic rings. The molecule has 1 aliphatic heterocycles. The second-order valence-corrected chi connectivity index (χ2v) is 6.46. The first-order valence-corrected chi connectivity index (χ1v) is 8.59. The lowest BCUT2D eigenvalue weighted by Gasteiger charge is -2.37. The Morgan fingerprint density at radius 1 is 1.25 bits per heavy atom. The molecule has 1 aromatic rings. The molecule has 0 aliphatic carbocycles. The topological polar surface area (TPSA) is 66.8 Å². The molecular formula is C19H27NO4. The molecule has 1 aromatic carbocycles. The number of carbonyl (C=O) groups is 2. The van der Waals surface area contributed by atoms with E-state index in [2.05, 4.69) is 0 Å². The second kappa shape index (κ2) is 7.79. The number of carboxylic acids is 1. The van der Waals surface area contributed by atoms with E-state index in [0.29, 0.717) is 25.8 Å². The summed E-state index contributed by atoms with van der Waals surface area (Å²) in [7, 11) is 1.61. The van der Waals surface area contributed by atoms with Crippen molar-refractivity contribution in [3.05, 3.63) is 35.9 Å². The molecular weight excluding hydrogens is 306 g/mol. The van der Waals surface area contributed by atoms with Gasteiger partial charge in [-0.15, -0.1) is 0 Å². The molecule has 1 fully saturated rings. The summed E-state index contributed by atoms with van der Waals surface area (Å²) in [5, 5.41) is 9.19. The SMILES string of the molecule is CCC(CC)(C(=O)N1CC(OC)CC1CC(=O)O)c1ccccc1. The maximum Gasteiger partial charge on any atom is 0.305 e. The Labute approximate surface area is 143 Å². The number of amides is 1. The molecule has 1 saturated heterocycles. The molecule has 0 aromatic heterocycles. The van der Waals surface area contributed by atoms with Gasteiger partial charge in [0.1, 0.15) is 0 Å². The molecule has 0 bridgehead atoms. The molecule has 1 amide bonds. The normalized spacial score (nSPS) is 21.0. The number of ether oxygens (including phenoxy) is 1. The highest BCUT2D eigenvalue weighted by atomic mass is 16.5. The number of rotatable bonds is 7. The molecule has 0 saturated carbocycles. The summed E-state index contributed by atoms with van der Waals surface area (Å²) in [5.41, 5.74) is 0.385. The number of methoxy groups -OCH3 is 1. The van der Waals surface area contributed by atoms with Gasteiger partial charge in [-0.1, -0.05) is 44.2 Å². The van der Waals surface area contributed by atoms with Crippen LogP contribution in [0.3, 0.4) is 0 Å². The zero-order chi connectivity index (χ0) is 17.7. The third-order valence-corrected chi connectivity index (χ3v) is 5.32. The van der Waals surface area contributed by atoms with E-state index in [-0.39, 0.29) is 24.5 Å². The first-order valence-electron chi connectivity index (χ1n) is 8.59. The van der Waals surface area contributed by atoms with E-state index in [1.54, 1.807) is 12.0 Å². The van der Waals surface area contributed by atoms with Gasteiger partial charge >= 0.3 is 5.97 Å². The van der Waals surface area contributed by atoms with Crippen molar-refractivity contribution in [1.29, 1.82) is 0 Å². The van der Waals surface area contributed by atoms with E-state index < -0.39 is 11.4 Å². The van der Waals surface area contributed by atoms with Crippen molar-refractivity contribution in [3.63, 3.8) is 0 Å². The number of benzene rings is 1. The highest BCUT2D eigenvalue weighted by molar-refractivity contribution is 5.89. The largest absolute Gasteiger partial charge is 0.481 e. The van der Waals surface area contributed by atoms with Gasteiger partial charge in [0.15, 0.2) is 0 Å². The van der Waals surface area contributed by atoms with Crippen molar-refractivity contribution >= 4 is 11.9 Å². The third kappa shape index (κ3) is 3.46. The van der Waals surface area contributed by atoms with Gasteiger partial charge in [0.2, 0.25) is 5.91 Å². The Hall–Kier alpha value is -1.88. The van der Waals surface area contributed by atoms with Crippen LogP contribution in [0.15, 0.2) is 30.3 Å². The van der Waals surface area contributed by atoms with E-state index in [0.717, 1.165) is 5.56 Å². The van der Waals surface area contributed by atoms with Crippen LogP contribution in [0, 0.1) is 0 Å². The lowest BCUT2D eigenvalue weighted by molar-refractivity contribution is -0.142. The van der Waals surface area contributed by atoms with Gasteiger partial charge in [-0.05, 0) is 24.8 Å². The predicted molar refractivity (Wildman–Crippen MR) is 91.9 cm³/mol. The number of likely N-dealkylation sites (tertiary alicyclic amines) is 1. The van der Waals surface area contributed by atoms with Crippen LogP contribution in [-0.4, -0.2) is 47.7 Å². The van der Waals surface area contributed by atoms with Crippen molar-refractivity contribution in [3.8, 4) is 0 Å². The summed E-state index contributed by atoms with van der Waals surface area (Å²) >= 11 is 0. The standard InChI is InChI=1S/C19H27NO4/c1-4-19(5-2,14-9-7-6-8-10-14)18(23)20-13-16(24-3)11-15(20)12-17(21)22/h6-10,15-16H,4-5,11-13H2,1-3H3,(H,21,22). The van der Waals surface area contributed by atoms with Crippen LogP contribution < -0.4 is 0 Å². The fourth-order valence-electron chi connectivity index (χ4n) is 3.80. The molecule has 2 unspecified atom stereocenters. The third-order valence-electron chi connectivity index (χ3n) is 5.32. The zero-order valence-electron chi connectivity index (χ0n) is 14.7. The van der Waals surface area contributed by atoms with E-state index >= 15 is 0 Å². The maximum absolute atomic E-state index is 13.5. The highest BCUT2D eigenvalue weighted by Gasteiger charge is 2.45. The Bertz CT molecular complexity index is 568. The van der Waals surface area contributed by atoms with E-state index in [1.165, 1.54) is 0 Å². The summed E-state index contributed by atoms with van der Waals surface area (Å²) < 4.78 is 5.40. The summed E-state index contributed by atoms with van der Waals surface area (Å²) in [5.74, 6) is -0.864. The second-order valence-electron chi connectivity index (χ2n) is 6.46. The van der Waals surface area contributed by atoms with Gasteiger partial charge < -0.3 is 14.7 Å². The van der Waals surface area contributed by atoms with E-state index in [1.807, 2.05) is 44.2 Å². The fourth-order valence-corrected chi connectivity index (χ4v) is 3.80. The summed E-state index contributed by atoms with van der Waals surface area (Å²) in [6, 6.07) is 9.50. The van der Waals surface area contributed by atoms with Gasteiger partial charge in [-0.3, -0.25) is 9.59 Å². The smallest absolute Gasteiger partial charge is 0.305 e. The molecule has 132 valence electrons. The first kappa shape index (κ1) is 18.5. The number of hydrogen-bond acceptors (Lipinski definition) is 3. The number of aliphatic carboxylic acids is 1. The average Bonchev–Trinajstić information content (AvgIpc) is 2.99. The van der Waals surface area contributed by atoms with Crippen molar-refractivity contribution in [2.75, 3.05) is 13.7 Å². The minimum absolute atomic E-state index is 0.0181. The molecule has 0 spiro atoms. The Kier molecular flexibility index (Phi) is 5.99. The van der Waals surface area contributed by atoms with Crippen LogP contribution in [0.4, 0.5) is 0 Å². The van der Waals surface area contributed by atoms with Gasteiger partial charge in [-0.2, -0.15) is 0 Å². The number of nitrogens with zero attached hydrogens (tertiary/aromatic N) is 1. The Morgan fingerprint density at radius 3 is 2.38 bits per heavy atom. The average molecular weight is 333 g/mol. The predicted octanol–water partition coefficient (Wildman–Crippen LogP) is 2.84. The summed E-state index contributed by atoms with van der Waals surface area (Å²) in [6.45, 7) is 4.50. The number of hydrogen-bond donors (Lipinski definition) is 1. The summed E-state index contributed by atoms with van der Waals surface area (Å²) in [4.78, 5) is 26.4. The molecule has 1 N–H and O–H groups in total. The minimum Gasteiger partial charge on any atom is -0.481 e. The number of carboxylic acid groups (broad SMARTS) is 1. The Morgan fingerprint density at radius 2 is 1.88 bits per heavy atom. The molecule has 5 heteroatoms. The fraction of sp³-hybridized carbons (Fsp3) is 0.579. The summed E-state index contributed by atoms with van der Waals surface area (Å²) in [6.07, 6.45) is 1.80. The lowest BCUT2D eigenvalue weighted by Crippen LogP contribution is -2.49.